The number of rotatable bonds is 2. The molecule has 9 heteroatoms. The number of fused-ring (bicyclic) bond motifs is 1. The van der Waals surface area contributed by atoms with E-state index in [1.54, 1.807) is 13.0 Å². The molecule has 0 aromatic carbocycles. The van der Waals surface area contributed by atoms with Gasteiger partial charge in [0.05, 0.1) is 11.1 Å². The summed E-state index contributed by atoms with van der Waals surface area (Å²) in [4.78, 5) is 23.8. The van der Waals surface area contributed by atoms with E-state index in [-0.39, 0.29) is 22.4 Å². The van der Waals surface area contributed by atoms with Gasteiger partial charge in [-0.2, -0.15) is 4.98 Å². The molecule has 0 amide bonds. The number of hydrogen-bond acceptors (Lipinski definition) is 5. The Morgan fingerprint density at radius 2 is 2.00 bits per heavy atom. The highest BCUT2D eigenvalue weighted by Crippen LogP contribution is 2.32. The second kappa shape index (κ2) is 5.73. The molecule has 3 heterocycles. The molecule has 0 unspecified atom stereocenters. The van der Waals surface area contributed by atoms with Crippen LogP contribution in [0.2, 0.25) is 5.15 Å². The van der Waals surface area contributed by atoms with Crippen molar-refractivity contribution in [1.29, 1.82) is 0 Å². The summed E-state index contributed by atoms with van der Waals surface area (Å²) in [6, 6.07) is 2.50. The second-order valence-corrected chi connectivity index (χ2v) is 6.34. The molecule has 0 spiro atoms. The van der Waals surface area contributed by atoms with Crippen LogP contribution in [0.1, 0.15) is 25.1 Å². The van der Waals surface area contributed by atoms with Crippen LogP contribution in [0, 0.1) is 12.7 Å². The van der Waals surface area contributed by atoms with Crippen molar-refractivity contribution in [3.05, 3.63) is 51.0 Å². The summed E-state index contributed by atoms with van der Waals surface area (Å²) in [5.41, 5.74) is -2.33. The van der Waals surface area contributed by atoms with Crippen molar-refractivity contribution >= 4 is 22.6 Å². The molecule has 0 radical (unpaired) electrons. The molecule has 0 saturated carbocycles. The van der Waals surface area contributed by atoms with Crippen molar-refractivity contribution in [2.45, 2.75) is 26.4 Å². The zero-order valence-electron chi connectivity index (χ0n) is 13.5. The predicted molar refractivity (Wildman–Crippen MR) is 88.4 cm³/mol. The van der Waals surface area contributed by atoms with Crippen LogP contribution < -0.4 is 5.69 Å². The van der Waals surface area contributed by atoms with Crippen molar-refractivity contribution in [2.75, 3.05) is 0 Å². The van der Waals surface area contributed by atoms with Crippen LogP contribution in [0.5, 0.6) is 5.88 Å². The van der Waals surface area contributed by atoms with Gasteiger partial charge in [0.25, 0.3) is 0 Å². The van der Waals surface area contributed by atoms with Gasteiger partial charge in [0, 0.05) is 6.20 Å². The first-order valence-corrected chi connectivity index (χ1v) is 7.62. The molecule has 0 saturated heterocycles. The lowest BCUT2D eigenvalue weighted by Crippen LogP contribution is -2.27. The first-order chi connectivity index (χ1) is 11.6. The maximum absolute atomic E-state index is 14.6. The molecule has 25 heavy (non-hydrogen) atoms. The lowest BCUT2D eigenvalue weighted by atomic mass is 10.0. The Kier molecular flexibility index (Phi) is 3.95. The maximum Gasteiger partial charge on any atom is 0.357 e. The molecule has 0 atom stereocenters. The fourth-order valence-corrected chi connectivity index (χ4v) is 2.69. The van der Waals surface area contributed by atoms with Crippen LogP contribution in [0.15, 0.2) is 23.1 Å². The lowest BCUT2D eigenvalue weighted by Gasteiger charge is -2.21. The summed E-state index contributed by atoms with van der Waals surface area (Å²) in [5, 5.41) is 9.25. The second-order valence-electron chi connectivity index (χ2n) is 5.98. The fourth-order valence-electron chi connectivity index (χ4n) is 2.55. The Hall–Kier alpha value is -2.61. The van der Waals surface area contributed by atoms with Gasteiger partial charge >= 0.3 is 5.69 Å². The van der Waals surface area contributed by atoms with Crippen molar-refractivity contribution in [2.24, 2.45) is 0 Å². The van der Waals surface area contributed by atoms with Gasteiger partial charge in [-0.1, -0.05) is 11.6 Å². The molecular weight excluding hydrogens is 354 g/mol. The van der Waals surface area contributed by atoms with Crippen LogP contribution >= 0.6 is 11.6 Å². The van der Waals surface area contributed by atoms with Crippen LogP contribution in [0.3, 0.4) is 0 Å². The number of aromatic hydroxyl groups is 1. The molecule has 3 aromatic rings. The summed E-state index contributed by atoms with van der Waals surface area (Å²) in [7, 11) is 0. The van der Waals surface area contributed by atoms with Gasteiger partial charge in [-0.15, -0.1) is 0 Å². The third-order valence-electron chi connectivity index (χ3n) is 3.67. The SMILES string of the molecule is Cc1ccnc(C(C)(C)F)c1-n1c(=O)nc(O)c2cc(F)c(Cl)nc21. The largest absolute Gasteiger partial charge is 0.493 e. The average Bonchev–Trinajstić information content (AvgIpc) is 2.50. The Balaban J connectivity index is 2.55. The number of aryl methyl sites for hydroxylation is 1. The van der Waals surface area contributed by atoms with Gasteiger partial charge in [0.2, 0.25) is 5.88 Å². The van der Waals surface area contributed by atoms with E-state index in [1.807, 2.05) is 0 Å². The molecule has 0 fully saturated rings. The van der Waals surface area contributed by atoms with Gasteiger partial charge in [0.1, 0.15) is 11.4 Å². The monoisotopic (exact) mass is 366 g/mol. The van der Waals surface area contributed by atoms with E-state index in [4.69, 9.17) is 11.6 Å². The number of aromatic nitrogens is 4. The average molecular weight is 367 g/mol. The Labute approximate surface area is 145 Å². The number of nitrogens with zero attached hydrogens (tertiary/aromatic N) is 4. The van der Waals surface area contributed by atoms with E-state index >= 15 is 0 Å². The minimum atomic E-state index is -1.88. The summed E-state index contributed by atoms with van der Waals surface area (Å²) in [6.45, 7) is 4.24. The smallest absolute Gasteiger partial charge is 0.357 e. The van der Waals surface area contributed by atoms with Crippen molar-refractivity contribution in [1.82, 2.24) is 19.5 Å². The van der Waals surface area contributed by atoms with Crippen LogP contribution in [-0.2, 0) is 5.67 Å². The number of hydrogen-bond donors (Lipinski definition) is 1. The summed E-state index contributed by atoms with van der Waals surface area (Å²) in [5.74, 6) is -1.58. The fraction of sp³-hybridized carbons (Fsp3) is 0.250. The van der Waals surface area contributed by atoms with E-state index in [2.05, 4.69) is 15.0 Å². The van der Waals surface area contributed by atoms with Gasteiger partial charge in [0.15, 0.2) is 16.6 Å². The zero-order valence-corrected chi connectivity index (χ0v) is 14.3. The van der Waals surface area contributed by atoms with Gasteiger partial charge in [-0.3, -0.25) is 4.98 Å². The highest BCUT2D eigenvalue weighted by Gasteiger charge is 2.28. The molecule has 3 aromatic heterocycles. The highest BCUT2D eigenvalue weighted by atomic mass is 35.5. The molecule has 0 aliphatic carbocycles. The maximum atomic E-state index is 14.6. The zero-order chi connectivity index (χ0) is 18.5. The summed E-state index contributed by atoms with van der Waals surface area (Å²) in [6.07, 6.45) is 1.41. The molecular formula is C16H13ClF2N4O2. The molecule has 3 rings (SSSR count). The Morgan fingerprint density at radius 1 is 1.32 bits per heavy atom. The van der Waals surface area contributed by atoms with Gasteiger partial charge < -0.3 is 5.11 Å². The first-order valence-electron chi connectivity index (χ1n) is 7.24. The first kappa shape index (κ1) is 17.2. The minimum absolute atomic E-state index is 0.0226. The van der Waals surface area contributed by atoms with Crippen molar-refractivity contribution < 1.29 is 13.9 Å². The number of alkyl halides is 1. The molecule has 6 nitrogen and oxygen atoms in total. The standard InChI is InChI=1S/C16H13ClF2N4O2/c1-7-4-5-20-11(16(2,3)19)10(7)23-13-8(14(24)22-15(23)25)6-9(18)12(17)21-13/h4-6H,1-3H3,(H,22,24,25). The third-order valence-corrected chi connectivity index (χ3v) is 3.94. The van der Waals surface area contributed by atoms with Crippen LogP contribution in [0.25, 0.3) is 16.7 Å². The van der Waals surface area contributed by atoms with Gasteiger partial charge in [-0.05, 0) is 38.5 Å². The Morgan fingerprint density at radius 3 is 2.64 bits per heavy atom. The third kappa shape index (κ3) is 2.82. The molecule has 0 aliphatic heterocycles. The van der Waals surface area contributed by atoms with E-state index in [0.29, 0.717) is 5.56 Å². The molecule has 0 aliphatic rings. The van der Waals surface area contributed by atoms with Gasteiger partial charge in [-0.25, -0.2) is 23.1 Å². The van der Waals surface area contributed by atoms with E-state index in [0.717, 1.165) is 10.6 Å². The van der Waals surface area contributed by atoms with Crippen LogP contribution in [-0.4, -0.2) is 24.6 Å². The molecule has 130 valence electrons. The summed E-state index contributed by atoms with van der Waals surface area (Å²) < 4.78 is 29.3. The van der Waals surface area contributed by atoms with E-state index < -0.39 is 28.2 Å². The topological polar surface area (TPSA) is 80.9 Å². The highest BCUT2D eigenvalue weighted by molar-refractivity contribution is 6.29. The number of pyridine rings is 2. The Bertz CT molecular complexity index is 1060. The normalized spacial score (nSPS) is 11.9. The minimum Gasteiger partial charge on any atom is -0.493 e. The van der Waals surface area contributed by atoms with E-state index in [1.165, 1.54) is 20.0 Å². The molecule has 0 bridgehead atoms. The number of halogens is 3. The summed E-state index contributed by atoms with van der Waals surface area (Å²) >= 11 is 5.73. The molecule has 1 N–H and O–H groups in total. The van der Waals surface area contributed by atoms with Crippen LogP contribution in [0.4, 0.5) is 8.78 Å². The van der Waals surface area contributed by atoms with E-state index in [9.17, 15) is 18.7 Å². The predicted octanol–water partition coefficient (Wildman–Crippen LogP) is 3.19. The van der Waals surface area contributed by atoms with Crippen molar-refractivity contribution in [3.8, 4) is 11.6 Å². The quantitative estimate of drug-likeness (QED) is 0.704. The van der Waals surface area contributed by atoms with Crippen molar-refractivity contribution in [3.63, 3.8) is 0 Å². The lowest BCUT2D eigenvalue weighted by molar-refractivity contribution is 0.214.